The maximum absolute atomic E-state index is 11.4. The third-order valence-electron chi connectivity index (χ3n) is 3.15. The summed E-state index contributed by atoms with van der Waals surface area (Å²) in [5.74, 6) is -0.935. The first kappa shape index (κ1) is 13.5. The van der Waals surface area contributed by atoms with Gasteiger partial charge in [0.25, 0.3) is 0 Å². The molecule has 1 aromatic carbocycles. The SMILES string of the molecule is COC(C)C(C)(Nc1ccccc1C)C(=O)O. The van der Waals surface area contributed by atoms with Gasteiger partial charge in [-0.1, -0.05) is 18.2 Å². The van der Waals surface area contributed by atoms with Gasteiger partial charge in [-0.2, -0.15) is 0 Å². The number of anilines is 1. The number of hydrogen-bond donors (Lipinski definition) is 2. The van der Waals surface area contributed by atoms with E-state index in [9.17, 15) is 9.90 Å². The van der Waals surface area contributed by atoms with Gasteiger partial charge < -0.3 is 15.2 Å². The van der Waals surface area contributed by atoms with Crippen LogP contribution in [0, 0.1) is 6.92 Å². The molecule has 0 radical (unpaired) electrons. The molecule has 0 heterocycles. The fourth-order valence-corrected chi connectivity index (χ4v) is 1.56. The molecule has 4 nitrogen and oxygen atoms in total. The van der Waals surface area contributed by atoms with E-state index in [0.717, 1.165) is 11.3 Å². The zero-order chi connectivity index (χ0) is 13.1. The number of methoxy groups -OCH3 is 1. The predicted molar refractivity (Wildman–Crippen MR) is 67.3 cm³/mol. The van der Waals surface area contributed by atoms with Crippen LogP contribution in [0.25, 0.3) is 0 Å². The average molecular weight is 237 g/mol. The van der Waals surface area contributed by atoms with Crippen molar-refractivity contribution >= 4 is 11.7 Å². The number of nitrogens with one attached hydrogen (secondary N) is 1. The number of carbonyl (C=O) groups is 1. The number of carboxylic acid groups (broad SMARTS) is 1. The molecule has 17 heavy (non-hydrogen) atoms. The topological polar surface area (TPSA) is 58.6 Å². The van der Waals surface area contributed by atoms with Gasteiger partial charge in [-0.3, -0.25) is 0 Å². The fourth-order valence-electron chi connectivity index (χ4n) is 1.56. The molecule has 94 valence electrons. The highest BCUT2D eigenvalue weighted by Crippen LogP contribution is 2.23. The molecule has 2 atom stereocenters. The van der Waals surface area contributed by atoms with Crippen LogP contribution in [0.5, 0.6) is 0 Å². The van der Waals surface area contributed by atoms with Crippen molar-refractivity contribution in [3.63, 3.8) is 0 Å². The Bertz CT molecular complexity index is 405. The van der Waals surface area contributed by atoms with Crippen LogP contribution < -0.4 is 5.32 Å². The lowest BCUT2D eigenvalue weighted by molar-refractivity contribution is -0.146. The average Bonchev–Trinajstić information content (AvgIpc) is 2.30. The molecule has 0 aliphatic rings. The lowest BCUT2D eigenvalue weighted by Crippen LogP contribution is -2.53. The molecule has 0 aliphatic heterocycles. The van der Waals surface area contributed by atoms with Crippen molar-refractivity contribution in [2.24, 2.45) is 0 Å². The van der Waals surface area contributed by atoms with E-state index >= 15 is 0 Å². The fraction of sp³-hybridized carbons (Fsp3) is 0.462. The Morgan fingerprint density at radius 1 is 1.47 bits per heavy atom. The van der Waals surface area contributed by atoms with Gasteiger partial charge in [0.15, 0.2) is 5.54 Å². The smallest absolute Gasteiger partial charge is 0.331 e. The number of benzene rings is 1. The summed E-state index contributed by atoms with van der Waals surface area (Å²) in [6.45, 7) is 5.29. The summed E-state index contributed by atoms with van der Waals surface area (Å²) in [5, 5.41) is 12.4. The Labute approximate surface area is 102 Å². The lowest BCUT2D eigenvalue weighted by Gasteiger charge is -2.32. The largest absolute Gasteiger partial charge is 0.479 e. The Morgan fingerprint density at radius 2 is 2.06 bits per heavy atom. The molecule has 0 fully saturated rings. The van der Waals surface area contributed by atoms with E-state index in [-0.39, 0.29) is 0 Å². The highest BCUT2D eigenvalue weighted by atomic mass is 16.5. The normalized spacial score (nSPS) is 16.0. The number of ether oxygens (including phenoxy) is 1. The first-order valence-corrected chi connectivity index (χ1v) is 5.52. The van der Waals surface area contributed by atoms with Crippen LogP contribution in [0.3, 0.4) is 0 Å². The Balaban J connectivity index is 3.03. The van der Waals surface area contributed by atoms with Crippen molar-refractivity contribution in [2.75, 3.05) is 12.4 Å². The second-order valence-corrected chi connectivity index (χ2v) is 4.33. The van der Waals surface area contributed by atoms with Gasteiger partial charge in [0.05, 0.1) is 6.10 Å². The van der Waals surface area contributed by atoms with E-state index in [1.807, 2.05) is 31.2 Å². The van der Waals surface area contributed by atoms with Crippen LogP contribution in [0.1, 0.15) is 19.4 Å². The molecule has 0 amide bonds. The third kappa shape index (κ3) is 2.77. The zero-order valence-electron chi connectivity index (χ0n) is 10.7. The number of para-hydroxylation sites is 1. The molecule has 4 heteroatoms. The molecule has 1 aromatic rings. The quantitative estimate of drug-likeness (QED) is 0.825. The number of aryl methyl sites for hydroxylation is 1. The second kappa shape index (κ2) is 5.19. The number of rotatable bonds is 5. The van der Waals surface area contributed by atoms with Crippen molar-refractivity contribution in [2.45, 2.75) is 32.4 Å². The number of aliphatic carboxylic acids is 1. The standard InChI is InChI=1S/C13H19NO3/c1-9-7-5-6-8-11(9)14-13(3,12(15)16)10(2)17-4/h5-8,10,14H,1-4H3,(H,15,16). The van der Waals surface area contributed by atoms with E-state index in [0.29, 0.717) is 0 Å². The summed E-state index contributed by atoms with van der Waals surface area (Å²) in [5.41, 5.74) is 0.658. The van der Waals surface area contributed by atoms with E-state index < -0.39 is 17.6 Å². The summed E-state index contributed by atoms with van der Waals surface area (Å²) in [6.07, 6.45) is -0.445. The van der Waals surface area contributed by atoms with Gasteiger partial charge in [-0.05, 0) is 32.4 Å². The number of carboxylic acids is 1. The minimum Gasteiger partial charge on any atom is -0.479 e. The number of hydrogen-bond acceptors (Lipinski definition) is 3. The second-order valence-electron chi connectivity index (χ2n) is 4.33. The first-order valence-electron chi connectivity index (χ1n) is 5.52. The van der Waals surface area contributed by atoms with E-state index in [4.69, 9.17) is 4.74 Å². The molecule has 1 rings (SSSR count). The van der Waals surface area contributed by atoms with E-state index in [2.05, 4.69) is 5.32 Å². The van der Waals surface area contributed by atoms with Gasteiger partial charge in [0, 0.05) is 12.8 Å². The van der Waals surface area contributed by atoms with Gasteiger partial charge in [-0.25, -0.2) is 4.79 Å². The molecular weight excluding hydrogens is 218 g/mol. The molecule has 0 spiro atoms. The van der Waals surface area contributed by atoms with Crippen molar-refractivity contribution in [1.82, 2.24) is 0 Å². The molecule has 2 unspecified atom stereocenters. The van der Waals surface area contributed by atoms with Crippen LogP contribution in [0.15, 0.2) is 24.3 Å². The molecular formula is C13H19NO3. The summed E-state index contributed by atoms with van der Waals surface area (Å²) in [6, 6.07) is 7.58. The van der Waals surface area contributed by atoms with Crippen LogP contribution >= 0.6 is 0 Å². The van der Waals surface area contributed by atoms with Gasteiger partial charge in [0.2, 0.25) is 0 Å². The van der Waals surface area contributed by atoms with Crippen LogP contribution in [-0.4, -0.2) is 29.8 Å². The highest BCUT2D eigenvalue weighted by molar-refractivity contribution is 5.83. The lowest BCUT2D eigenvalue weighted by atomic mass is 9.95. The van der Waals surface area contributed by atoms with Crippen molar-refractivity contribution in [3.05, 3.63) is 29.8 Å². The minimum absolute atomic E-state index is 0.445. The van der Waals surface area contributed by atoms with Gasteiger partial charge in [0.1, 0.15) is 0 Å². The van der Waals surface area contributed by atoms with Gasteiger partial charge >= 0.3 is 5.97 Å². The Hall–Kier alpha value is -1.55. The Kier molecular flexibility index (Phi) is 4.12. The summed E-state index contributed by atoms with van der Waals surface area (Å²) in [7, 11) is 1.51. The Morgan fingerprint density at radius 3 is 2.53 bits per heavy atom. The summed E-state index contributed by atoms with van der Waals surface area (Å²) >= 11 is 0. The van der Waals surface area contributed by atoms with Crippen molar-refractivity contribution < 1.29 is 14.6 Å². The summed E-state index contributed by atoms with van der Waals surface area (Å²) in [4.78, 5) is 11.4. The molecule has 0 saturated carbocycles. The van der Waals surface area contributed by atoms with Crippen molar-refractivity contribution in [1.29, 1.82) is 0 Å². The van der Waals surface area contributed by atoms with Gasteiger partial charge in [-0.15, -0.1) is 0 Å². The van der Waals surface area contributed by atoms with Crippen LogP contribution in [0.4, 0.5) is 5.69 Å². The molecule has 0 aromatic heterocycles. The maximum atomic E-state index is 11.4. The summed E-state index contributed by atoms with van der Waals surface area (Å²) < 4.78 is 5.15. The monoisotopic (exact) mass is 237 g/mol. The first-order chi connectivity index (χ1) is 7.91. The highest BCUT2D eigenvalue weighted by Gasteiger charge is 2.39. The zero-order valence-corrected chi connectivity index (χ0v) is 10.7. The minimum atomic E-state index is -1.15. The van der Waals surface area contributed by atoms with Crippen LogP contribution in [-0.2, 0) is 9.53 Å². The molecule has 0 bridgehead atoms. The van der Waals surface area contributed by atoms with Crippen LogP contribution in [0.2, 0.25) is 0 Å². The van der Waals surface area contributed by atoms with Crippen molar-refractivity contribution in [3.8, 4) is 0 Å². The molecule has 2 N–H and O–H groups in total. The van der Waals surface area contributed by atoms with E-state index in [1.54, 1.807) is 13.8 Å². The van der Waals surface area contributed by atoms with E-state index in [1.165, 1.54) is 7.11 Å². The predicted octanol–water partition coefficient (Wildman–Crippen LogP) is 2.29. The third-order valence-corrected chi connectivity index (χ3v) is 3.15. The maximum Gasteiger partial charge on any atom is 0.331 e. The molecule has 0 saturated heterocycles. The molecule has 0 aliphatic carbocycles.